The van der Waals surface area contributed by atoms with Crippen molar-refractivity contribution in [1.29, 1.82) is 0 Å². The molecule has 0 aromatic heterocycles. The number of hydrogen-bond acceptors (Lipinski definition) is 5. The zero-order valence-electron chi connectivity index (χ0n) is 11.3. The quantitative estimate of drug-likeness (QED) is 0.733. The number of benzene rings is 1. The first kappa shape index (κ1) is 15.8. The first-order valence-electron chi connectivity index (χ1n) is 6.21. The smallest absolute Gasteiger partial charge is 0.332 e. The van der Waals surface area contributed by atoms with Gasteiger partial charge in [0.2, 0.25) is 5.91 Å². The van der Waals surface area contributed by atoms with Gasteiger partial charge in [-0.15, -0.1) is 0 Å². The minimum atomic E-state index is -0.657. The summed E-state index contributed by atoms with van der Waals surface area (Å²) in [5.74, 6) is -1.74. The lowest BCUT2D eigenvalue weighted by Crippen LogP contribution is -2.35. The van der Waals surface area contributed by atoms with Gasteiger partial charge >= 0.3 is 5.97 Å². The monoisotopic (exact) mass is 279 g/mol. The zero-order valence-corrected chi connectivity index (χ0v) is 11.3. The summed E-state index contributed by atoms with van der Waals surface area (Å²) < 4.78 is 9.44. The van der Waals surface area contributed by atoms with Gasteiger partial charge in [-0.05, 0) is 12.5 Å². The van der Waals surface area contributed by atoms with E-state index in [1.807, 2.05) is 6.07 Å². The zero-order chi connectivity index (χ0) is 14.8. The molecule has 2 amide bonds. The minimum Gasteiger partial charge on any atom is -0.454 e. The first-order chi connectivity index (χ1) is 9.61. The van der Waals surface area contributed by atoms with Crippen molar-refractivity contribution in [3.8, 4) is 0 Å². The molecule has 1 N–H and O–H groups in total. The van der Waals surface area contributed by atoms with E-state index in [9.17, 15) is 14.4 Å². The SMILES string of the molecule is CCOCC(=O)OCC(=O)NC(=O)Cc1ccccc1. The number of ether oxygens (including phenoxy) is 2. The van der Waals surface area contributed by atoms with Gasteiger partial charge in [0.05, 0.1) is 6.42 Å². The van der Waals surface area contributed by atoms with Gasteiger partial charge in [-0.2, -0.15) is 0 Å². The number of rotatable bonds is 7. The van der Waals surface area contributed by atoms with E-state index >= 15 is 0 Å². The molecule has 1 aromatic rings. The minimum absolute atomic E-state index is 0.0967. The molecular weight excluding hydrogens is 262 g/mol. The molecule has 20 heavy (non-hydrogen) atoms. The predicted octanol–water partition coefficient (Wildman–Crippen LogP) is 0.452. The number of esters is 1. The Kier molecular flexibility index (Phi) is 6.99. The van der Waals surface area contributed by atoms with Gasteiger partial charge in [-0.1, -0.05) is 30.3 Å². The van der Waals surface area contributed by atoms with Crippen LogP contribution in [-0.2, 0) is 30.3 Å². The second-order valence-corrected chi connectivity index (χ2v) is 3.93. The molecule has 0 atom stereocenters. The largest absolute Gasteiger partial charge is 0.454 e. The van der Waals surface area contributed by atoms with E-state index in [1.165, 1.54) is 0 Å². The Morgan fingerprint density at radius 2 is 1.75 bits per heavy atom. The van der Waals surface area contributed by atoms with Crippen LogP contribution in [0.4, 0.5) is 0 Å². The first-order valence-corrected chi connectivity index (χ1v) is 6.21. The van der Waals surface area contributed by atoms with Crippen molar-refractivity contribution in [1.82, 2.24) is 5.32 Å². The normalized spacial score (nSPS) is 9.85. The summed E-state index contributed by atoms with van der Waals surface area (Å²) in [6, 6.07) is 9.02. The highest BCUT2D eigenvalue weighted by Crippen LogP contribution is 1.98. The van der Waals surface area contributed by atoms with Crippen LogP contribution in [0, 0.1) is 0 Å². The van der Waals surface area contributed by atoms with Gasteiger partial charge in [0.1, 0.15) is 6.61 Å². The highest BCUT2D eigenvalue weighted by atomic mass is 16.6. The maximum absolute atomic E-state index is 11.5. The third-order valence-electron chi connectivity index (χ3n) is 2.27. The van der Waals surface area contributed by atoms with Gasteiger partial charge < -0.3 is 9.47 Å². The van der Waals surface area contributed by atoms with Crippen molar-refractivity contribution in [3.05, 3.63) is 35.9 Å². The molecule has 0 aliphatic carbocycles. The number of carbonyl (C=O) groups excluding carboxylic acids is 3. The number of carbonyl (C=O) groups is 3. The van der Waals surface area contributed by atoms with E-state index in [0.29, 0.717) is 6.61 Å². The molecule has 0 radical (unpaired) electrons. The molecule has 0 aliphatic rings. The van der Waals surface area contributed by atoms with Crippen LogP contribution in [0.15, 0.2) is 30.3 Å². The molecular formula is C14H17NO5. The average Bonchev–Trinajstić information content (AvgIpc) is 2.43. The molecule has 1 rings (SSSR count). The Balaban J connectivity index is 2.25. The Bertz CT molecular complexity index is 458. The van der Waals surface area contributed by atoms with E-state index in [0.717, 1.165) is 5.56 Å². The van der Waals surface area contributed by atoms with E-state index in [4.69, 9.17) is 4.74 Å². The lowest BCUT2D eigenvalue weighted by molar-refractivity contribution is -0.153. The molecule has 0 heterocycles. The van der Waals surface area contributed by atoms with Crippen molar-refractivity contribution in [2.45, 2.75) is 13.3 Å². The number of nitrogens with one attached hydrogen (secondary N) is 1. The van der Waals surface area contributed by atoms with Crippen LogP contribution in [0.1, 0.15) is 12.5 Å². The van der Waals surface area contributed by atoms with Crippen molar-refractivity contribution in [2.24, 2.45) is 0 Å². The molecule has 6 heteroatoms. The van der Waals surface area contributed by atoms with Crippen LogP contribution in [0.5, 0.6) is 0 Å². The summed E-state index contributed by atoms with van der Waals surface area (Å²) in [6.07, 6.45) is 0.0967. The van der Waals surface area contributed by atoms with Crippen molar-refractivity contribution in [2.75, 3.05) is 19.8 Å². The molecule has 108 valence electrons. The fourth-order valence-corrected chi connectivity index (χ4v) is 1.39. The Morgan fingerprint density at radius 3 is 2.40 bits per heavy atom. The molecule has 0 aliphatic heterocycles. The highest BCUT2D eigenvalue weighted by molar-refractivity contribution is 5.97. The van der Waals surface area contributed by atoms with Crippen LogP contribution >= 0.6 is 0 Å². The average molecular weight is 279 g/mol. The molecule has 0 spiro atoms. The van der Waals surface area contributed by atoms with Crippen molar-refractivity contribution < 1.29 is 23.9 Å². The maximum Gasteiger partial charge on any atom is 0.332 e. The second kappa shape index (κ2) is 8.82. The van der Waals surface area contributed by atoms with E-state index in [-0.39, 0.29) is 13.0 Å². The molecule has 0 saturated heterocycles. The van der Waals surface area contributed by atoms with Crippen LogP contribution in [0.25, 0.3) is 0 Å². The Hall–Kier alpha value is -2.21. The molecule has 0 saturated carbocycles. The van der Waals surface area contributed by atoms with Crippen LogP contribution in [0.3, 0.4) is 0 Å². The molecule has 0 bridgehead atoms. The fourth-order valence-electron chi connectivity index (χ4n) is 1.39. The summed E-state index contributed by atoms with van der Waals surface area (Å²) >= 11 is 0. The third kappa shape index (κ3) is 6.65. The topological polar surface area (TPSA) is 81.7 Å². The standard InChI is InChI=1S/C14H17NO5/c1-2-19-10-14(18)20-9-13(17)15-12(16)8-11-6-4-3-5-7-11/h3-7H,2,8-10H2,1H3,(H,15,16,17). The van der Waals surface area contributed by atoms with E-state index < -0.39 is 24.4 Å². The molecule has 0 fully saturated rings. The van der Waals surface area contributed by atoms with Crippen LogP contribution in [-0.4, -0.2) is 37.6 Å². The predicted molar refractivity (Wildman–Crippen MR) is 70.7 cm³/mol. The fraction of sp³-hybridized carbons (Fsp3) is 0.357. The maximum atomic E-state index is 11.5. The lowest BCUT2D eigenvalue weighted by Gasteiger charge is -2.06. The summed E-state index contributed by atoms with van der Waals surface area (Å²) in [7, 11) is 0. The van der Waals surface area contributed by atoms with Crippen LogP contribution in [0.2, 0.25) is 0 Å². The molecule has 0 unspecified atom stereocenters. The highest BCUT2D eigenvalue weighted by Gasteiger charge is 2.11. The third-order valence-corrected chi connectivity index (χ3v) is 2.27. The summed E-state index contributed by atoms with van der Waals surface area (Å²) in [6.45, 7) is 1.42. The number of hydrogen-bond donors (Lipinski definition) is 1. The number of amides is 2. The van der Waals surface area contributed by atoms with Gasteiger partial charge in [0.15, 0.2) is 6.61 Å². The van der Waals surface area contributed by atoms with Crippen molar-refractivity contribution in [3.63, 3.8) is 0 Å². The Labute approximate surface area is 117 Å². The molecule has 1 aromatic carbocycles. The Morgan fingerprint density at radius 1 is 1.05 bits per heavy atom. The summed E-state index contributed by atoms with van der Waals surface area (Å²) in [5, 5.41) is 2.14. The van der Waals surface area contributed by atoms with Gasteiger partial charge in [0.25, 0.3) is 5.91 Å². The molecule has 6 nitrogen and oxygen atoms in total. The van der Waals surface area contributed by atoms with Gasteiger partial charge in [-0.3, -0.25) is 14.9 Å². The number of imide groups is 1. The summed E-state index contributed by atoms with van der Waals surface area (Å²) in [5.41, 5.74) is 0.797. The van der Waals surface area contributed by atoms with Crippen LogP contribution < -0.4 is 5.32 Å². The van der Waals surface area contributed by atoms with E-state index in [2.05, 4.69) is 10.1 Å². The lowest BCUT2D eigenvalue weighted by atomic mass is 10.1. The van der Waals surface area contributed by atoms with E-state index in [1.54, 1.807) is 31.2 Å². The van der Waals surface area contributed by atoms with Gasteiger partial charge in [-0.25, -0.2) is 4.79 Å². The summed E-state index contributed by atoms with van der Waals surface area (Å²) in [4.78, 5) is 34.0. The van der Waals surface area contributed by atoms with Crippen molar-refractivity contribution >= 4 is 17.8 Å². The van der Waals surface area contributed by atoms with Gasteiger partial charge in [0, 0.05) is 6.61 Å². The second-order valence-electron chi connectivity index (χ2n) is 3.93.